The third-order valence-electron chi connectivity index (χ3n) is 2.84. The summed E-state index contributed by atoms with van der Waals surface area (Å²) in [6, 6.07) is 0. The molecule has 0 unspecified atom stereocenters. The summed E-state index contributed by atoms with van der Waals surface area (Å²) >= 11 is 0. The largest absolute Gasteiger partial charge is 0.481 e. The highest BCUT2D eigenvalue weighted by molar-refractivity contribution is 5.75. The third-order valence-corrected chi connectivity index (χ3v) is 2.84. The molecular formula is C15H33N3O2. The van der Waals surface area contributed by atoms with Crippen LogP contribution in [-0.2, 0) is 4.79 Å². The molecule has 0 saturated carbocycles. The molecule has 5 heteroatoms. The molecule has 0 fully saturated rings. The number of unbranched alkanes of at least 4 members (excludes halogenated alkanes) is 6. The van der Waals surface area contributed by atoms with Crippen molar-refractivity contribution in [3.63, 3.8) is 0 Å². The van der Waals surface area contributed by atoms with Crippen molar-refractivity contribution < 1.29 is 9.90 Å². The average Bonchev–Trinajstić information content (AvgIpc) is 2.37. The smallest absolute Gasteiger partial charge is 0.303 e. The fourth-order valence-electron chi connectivity index (χ4n) is 1.63. The highest BCUT2D eigenvalue weighted by Gasteiger charge is 1.97. The molecular weight excluding hydrogens is 254 g/mol. The van der Waals surface area contributed by atoms with Gasteiger partial charge in [0.05, 0.1) is 0 Å². The Morgan fingerprint density at radius 3 is 1.60 bits per heavy atom. The van der Waals surface area contributed by atoms with Gasteiger partial charge in [-0.25, -0.2) is 0 Å². The van der Waals surface area contributed by atoms with Crippen LogP contribution in [0, 0.1) is 5.41 Å². The number of carbonyl (C=O) groups is 1. The van der Waals surface area contributed by atoms with Gasteiger partial charge in [-0.15, -0.1) is 0 Å². The highest BCUT2D eigenvalue weighted by atomic mass is 16.4. The summed E-state index contributed by atoms with van der Waals surface area (Å²) < 4.78 is 0. The van der Waals surface area contributed by atoms with Crippen molar-refractivity contribution in [2.45, 2.75) is 58.3 Å². The average molecular weight is 287 g/mol. The van der Waals surface area contributed by atoms with Crippen LogP contribution in [0.2, 0.25) is 0 Å². The summed E-state index contributed by atoms with van der Waals surface area (Å²) in [6.07, 6.45) is 8.64. The molecule has 0 aromatic carbocycles. The fourth-order valence-corrected chi connectivity index (χ4v) is 1.63. The molecule has 120 valence electrons. The van der Waals surface area contributed by atoms with Crippen LogP contribution in [0.25, 0.3) is 0 Å². The Morgan fingerprint density at radius 1 is 0.900 bits per heavy atom. The van der Waals surface area contributed by atoms with E-state index in [2.05, 4.69) is 6.92 Å². The second-order valence-corrected chi connectivity index (χ2v) is 5.38. The summed E-state index contributed by atoms with van der Waals surface area (Å²) in [5.74, 6) is -0.145. The Morgan fingerprint density at radius 2 is 1.30 bits per heavy atom. The maximum absolute atomic E-state index is 10.1. The van der Waals surface area contributed by atoms with E-state index in [9.17, 15) is 4.79 Å². The van der Waals surface area contributed by atoms with Gasteiger partial charge in [-0.3, -0.25) is 10.2 Å². The zero-order valence-electron chi connectivity index (χ0n) is 13.9. The Hall–Kier alpha value is -1.26. The van der Waals surface area contributed by atoms with Crippen LogP contribution in [0.1, 0.15) is 58.3 Å². The van der Waals surface area contributed by atoms with Gasteiger partial charge < -0.3 is 14.9 Å². The number of aliphatic carboxylic acids is 1. The second kappa shape index (κ2) is 14.2. The molecule has 0 radical (unpaired) electrons. The first-order valence-corrected chi connectivity index (χ1v) is 7.47. The maximum Gasteiger partial charge on any atom is 0.303 e. The number of hydrogen-bond acceptors (Lipinski definition) is 2. The van der Waals surface area contributed by atoms with Gasteiger partial charge in [-0.05, 0) is 6.42 Å². The number of rotatable bonds is 8. The third kappa shape index (κ3) is 16.7. The van der Waals surface area contributed by atoms with Gasteiger partial charge in [0.1, 0.15) is 0 Å². The summed E-state index contributed by atoms with van der Waals surface area (Å²) in [5.41, 5.74) is 0. The molecule has 0 saturated heterocycles. The lowest BCUT2D eigenvalue weighted by molar-refractivity contribution is -0.137. The Bertz CT molecular complexity index is 244. The maximum atomic E-state index is 10.1. The fraction of sp³-hybridized carbons (Fsp3) is 0.867. The summed E-state index contributed by atoms with van der Waals surface area (Å²) in [7, 11) is 7.40. The van der Waals surface area contributed by atoms with Gasteiger partial charge in [0.2, 0.25) is 0 Å². The van der Waals surface area contributed by atoms with Crippen LogP contribution >= 0.6 is 0 Å². The van der Waals surface area contributed by atoms with E-state index in [0.717, 1.165) is 12.8 Å². The van der Waals surface area contributed by atoms with Crippen molar-refractivity contribution in [2.75, 3.05) is 28.2 Å². The first-order valence-electron chi connectivity index (χ1n) is 7.47. The lowest BCUT2D eigenvalue weighted by atomic mass is 10.1. The first kappa shape index (κ1) is 21.0. The van der Waals surface area contributed by atoms with Gasteiger partial charge in [-0.2, -0.15) is 0 Å². The van der Waals surface area contributed by atoms with E-state index in [1.165, 1.54) is 32.1 Å². The molecule has 0 amide bonds. The summed E-state index contributed by atoms with van der Waals surface area (Å²) in [5, 5.41) is 15.6. The van der Waals surface area contributed by atoms with Crippen LogP contribution in [-0.4, -0.2) is 55.0 Å². The lowest BCUT2D eigenvalue weighted by Crippen LogP contribution is -2.34. The topological polar surface area (TPSA) is 67.6 Å². The van der Waals surface area contributed by atoms with Gasteiger partial charge >= 0.3 is 5.97 Å². The number of guanidine groups is 1. The monoisotopic (exact) mass is 287 g/mol. The quantitative estimate of drug-likeness (QED) is 0.408. The first-order chi connectivity index (χ1) is 9.32. The van der Waals surface area contributed by atoms with Crippen LogP contribution in [0.15, 0.2) is 0 Å². The molecule has 0 heterocycles. The number of nitrogens with zero attached hydrogens (tertiary/aromatic N) is 2. The molecule has 0 aromatic heterocycles. The van der Waals surface area contributed by atoms with Crippen molar-refractivity contribution in [1.82, 2.24) is 9.80 Å². The number of carboxylic acids is 1. The van der Waals surface area contributed by atoms with E-state index in [0.29, 0.717) is 12.4 Å². The van der Waals surface area contributed by atoms with Gasteiger partial charge in [0, 0.05) is 34.6 Å². The summed E-state index contributed by atoms with van der Waals surface area (Å²) in [4.78, 5) is 13.6. The minimum atomic E-state index is -0.663. The molecule has 0 spiro atoms. The molecule has 2 N–H and O–H groups in total. The van der Waals surface area contributed by atoms with Crippen molar-refractivity contribution in [3.8, 4) is 0 Å². The minimum Gasteiger partial charge on any atom is -0.481 e. The zero-order valence-corrected chi connectivity index (χ0v) is 13.9. The van der Waals surface area contributed by atoms with E-state index < -0.39 is 5.97 Å². The van der Waals surface area contributed by atoms with Gasteiger partial charge in [-0.1, -0.05) is 45.4 Å². The molecule has 0 rings (SSSR count). The lowest BCUT2D eigenvalue weighted by Gasteiger charge is -2.19. The van der Waals surface area contributed by atoms with E-state index in [1.54, 1.807) is 9.80 Å². The van der Waals surface area contributed by atoms with Crippen LogP contribution < -0.4 is 0 Å². The SMILES string of the molecule is CCCCCCCCCC(=O)O.CN(C)C(=N)N(C)C. The van der Waals surface area contributed by atoms with Gasteiger partial charge in [0.25, 0.3) is 0 Å². The standard InChI is InChI=1S/C10H20O2.C5H13N3/c1-2-3-4-5-6-7-8-9-10(11)12;1-7(2)5(6)8(3)4/h2-9H2,1H3,(H,11,12);6H,1-4H3. The van der Waals surface area contributed by atoms with E-state index in [1.807, 2.05) is 28.2 Å². The second-order valence-electron chi connectivity index (χ2n) is 5.38. The van der Waals surface area contributed by atoms with Crippen molar-refractivity contribution in [3.05, 3.63) is 0 Å². The molecule has 0 aliphatic rings. The molecule has 5 nitrogen and oxygen atoms in total. The van der Waals surface area contributed by atoms with Crippen LogP contribution in [0.4, 0.5) is 0 Å². The molecule has 0 bridgehead atoms. The van der Waals surface area contributed by atoms with Gasteiger partial charge in [0.15, 0.2) is 5.96 Å². The number of nitrogens with one attached hydrogen (secondary N) is 1. The number of carboxylic acid groups (broad SMARTS) is 1. The summed E-state index contributed by atoms with van der Waals surface area (Å²) in [6.45, 7) is 2.20. The Labute approximate surface area is 124 Å². The molecule has 20 heavy (non-hydrogen) atoms. The highest BCUT2D eigenvalue weighted by Crippen LogP contribution is 2.07. The van der Waals surface area contributed by atoms with Crippen LogP contribution in [0.3, 0.4) is 0 Å². The van der Waals surface area contributed by atoms with Crippen LogP contribution in [0.5, 0.6) is 0 Å². The predicted molar refractivity (Wildman–Crippen MR) is 85.3 cm³/mol. The van der Waals surface area contributed by atoms with Crippen molar-refractivity contribution in [1.29, 1.82) is 5.41 Å². The van der Waals surface area contributed by atoms with Crippen molar-refractivity contribution in [2.24, 2.45) is 0 Å². The molecule has 0 aliphatic heterocycles. The van der Waals surface area contributed by atoms with E-state index in [4.69, 9.17) is 10.5 Å². The van der Waals surface area contributed by atoms with E-state index in [-0.39, 0.29) is 0 Å². The molecule has 0 atom stereocenters. The zero-order chi connectivity index (χ0) is 16.0. The normalized spacial score (nSPS) is 9.45. The minimum absolute atomic E-state index is 0.341. The van der Waals surface area contributed by atoms with Crippen molar-refractivity contribution >= 4 is 11.9 Å². The number of hydrogen-bond donors (Lipinski definition) is 2. The Kier molecular flexibility index (Phi) is 14.9. The predicted octanol–water partition coefficient (Wildman–Crippen LogP) is 3.26. The molecule has 0 aliphatic carbocycles. The Balaban J connectivity index is 0. The molecule has 0 aromatic rings. The van der Waals surface area contributed by atoms with E-state index >= 15 is 0 Å².